The Labute approximate surface area is 146 Å². The van der Waals surface area contributed by atoms with Crippen LogP contribution in [0.1, 0.15) is 15.9 Å². The van der Waals surface area contributed by atoms with Crippen LogP contribution < -0.4 is 0 Å². The molecule has 0 radical (unpaired) electrons. The molecule has 2 aromatic carbocycles. The monoisotopic (exact) mass is 337 g/mol. The largest absolute Gasteiger partial charge is 0.337 e. The quantitative estimate of drug-likeness (QED) is 0.664. The number of rotatable bonds is 5. The van der Waals surface area contributed by atoms with E-state index in [1.54, 1.807) is 29.2 Å². The maximum Gasteiger partial charge on any atom is 0.253 e. The predicted molar refractivity (Wildman–Crippen MR) is 97.6 cm³/mol. The lowest BCUT2D eigenvalue weighted by atomic mass is 10.1. The van der Waals surface area contributed by atoms with Gasteiger partial charge in [0.1, 0.15) is 0 Å². The van der Waals surface area contributed by atoms with Crippen molar-refractivity contribution in [2.45, 2.75) is 11.4 Å². The van der Waals surface area contributed by atoms with Crippen LogP contribution in [0.5, 0.6) is 0 Å². The first-order chi connectivity index (χ1) is 11.7. The van der Waals surface area contributed by atoms with E-state index >= 15 is 0 Å². The Morgan fingerprint density at radius 1 is 1.12 bits per heavy atom. The molecule has 4 nitrogen and oxygen atoms in total. The minimum Gasteiger partial charge on any atom is -0.337 e. The van der Waals surface area contributed by atoms with Crippen molar-refractivity contribution in [2.24, 2.45) is 0 Å². The lowest BCUT2D eigenvalue weighted by Gasteiger charge is -2.18. The molecule has 0 unspecified atom stereocenters. The summed E-state index contributed by atoms with van der Waals surface area (Å²) in [5.74, 6) is 0.0149. The zero-order chi connectivity index (χ0) is 16.9. The summed E-state index contributed by atoms with van der Waals surface area (Å²) in [7, 11) is 1.83. The average Bonchev–Trinajstić information content (AvgIpc) is 3.16. The fraction of sp³-hybridized carbons (Fsp3) is 0.158. The average molecular weight is 337 g/mol. The summed E-state index contributed by atoms with van der Waals surface area (Å²) < 4.78 is 1.91. The molecule has 3 aromatic rings. The van der Waals surface area contributed by atoms with Gasteiger partial charge in [0, 0.05) is 42.1 Å². The van der Waals surface area contributed by atoms with Crippen molar-refractivity contribution in [1.82, 2.24) is 14.5 Å². The Bertz CT molecular complexity index is 796. The molecule has 0 aliphatic heterocycles. The molecule has 1 aromatic heterocycles. The van der Waals surface area contributed by atoms with E-state index in [1.165, 1.54) is 4.90 Å². The molecule has 122 valence electrons. The minimum absolute atomic E-state index is 0.0149. The molecule has 1 amide bonds. The van der Waals surface area contributed by atoms with Crippen molar-refractivity contribution < 1.29 is 4.79 Å². The normalized spacial score (nSPS) is 10.6. The molecule has 0 spiro atoms. The number of thioether (sulfide) groups is 1. The third-order valence-corrected chi connectivity index (χ3v) is 4.59. The van der Waals surface area contributed by atoms with Crippen molar-refractivity contribution >= 4 is 17.7 Å². The highest BCUT2D eigenvalue weighted by Crippen LogP contribution is 2.17. The highest BCUT2D eigenvalue weighted by molar-refractivity contribution is 7.98. The second kappa shape index (κ2) is 7.36. The zero-order valence-electron chi connectivity index (χ0n) is 13.7. The van der Waals surface area contributed by atoms with Gasteiger partial charge in [-0.1, -0.05) is 12.1 Å². The van der Waals surface area contributed by atoms with E-state index in [0.717, 1.165) is 11.3 Å². The highest BCUT2D eigenvalue weighted by Gasteiger charge is 2.12. The SMILES string of the molecule is CSc1ccc(CN(C)C(=O)c2ccc(-n3ccnc3)cc2)cc1. The number of imidazole rings is 1. The van der Waals surface area contributed by atoms with Crippen LogP contribution in [0, 0.1) is 0 Å². The van der Waals surface area contributed by atoms with Crippen molar-refractivity contribution in [2.75, 3.05) is 13.3 Å². The van der Waals surface area contributed by atoms with Crippen LogP contribution in [0.25, 0.3) is 5.69 Å². The molecule has 5 heteroatoms. The Balaban J connectivity index is 1.68. The van der Waals surface area contributed by atoms with Gasteiger partial charge in [0.25, 0.3) is 5.91 Å². The molecular formula is C19H19N3OS. The van der Waals surface area contributed by atoms with Crippen LogP contribution in [0.4, 0.5) is 0 Å². The Morgan fingerprint density at radius 2 is 1.83 bits per heavy atom. The van der Waals surface area contributed by atoms with E-state index in [2.05, 4.69) is 35.5 Å². The Kier molecular flexibility index (Phi) is 5.01. The fourth-order valence-corrected chi connectivity index (χ4v) is 2.89. The van der Waals surface area contributed by atoms with Crippen LogP contribution in [0.3, 0.4) is 0 Å². The van der Waals surface area contributed by atoms with E-state index in [0.29, 0.717) is 12.1 Å². The summed E-state index contributed by atoms with van der Waals surface area (Å²) in [4.78, 5) is 19.6. The van der Waals surface area contributed by atoms with E-state index < -0.39 is 0 Å². The number of benzene rings is 2. The van der Waals surface area contributed by atoms with E-state index in [1.807, 2.05) is 42.1 Å². The Morgan fingerprint density at radius 3 is 2.42 bits per heavy atom. The van der Waals surface area contributed by atoms with E-state index in [4.69, 9.17) is 0 Å². The number of carbonyl (C=O) groups is 1. The minimum atomic E-state index is 0.0149. The first-order valence-electron chi connectivity index (χ1n) is 7.64. The van der Waals surface area contributed by atoms with Crippen LogP contribution in [0.15, 0.2) is 72.1 Å². The molecule has 24 heavy (non-hydrogen) atoms. The Hall–Kier alpha value is -2.53. The van der Waals surface area contributed by atoms with E-state index in [-0.39, 0.29) is 5.91 Å². The van der Waals surface area contributed by atoms with Gasteiger partial charge < -0.3 is 9.47 Å². The summed E-state index contributed by atoms with van der Waals surface area (Å²) >= 11 is 1.71. The van der Waals surface area contributed by atoms with Crippen molar-refractivity contribution in [3.8, 4) is 5.69 Å². The number of aromatic nitrogens is 2. The third kappa shape index (κ3) is 3.68. The molecule has 0 bridgehead atoms. The number of carbonyl (C=O) groups excluding carboxylic acids is 1. The number of nitrogens with zero attached hydrogens (tertiary/aromatic N) is 3. The number of hydrogen-bond acceptors (Lipinski definition) is 3. The summed E-state index contributed by atoms with van der Waals surface area (Å²) in [6, 6.07) is 15.9. The van der Waals surface area contributed by atoms with E-state index in [9.17, 15) is 4.79 Å². The molecule has 0 N–H and O–H groups in total. The molecular weight excluding hydrogens is 318 g/mol. The summed E-state index contributed by atoms with van der Waals surface area (Å²) in [5.41, 5.74) is 2.79. The first-order valence-corrected chi connectivity index (χ1v) is 8.86. The standard InChI is InChI=1S/C19H19N3OS/c1-21(13-15-3-9-18(24-2)10-4-15)19(23)16-5-7-17(8-6-16)22-12-11-20-14-22/h3-12,14H,13H2,1-2H3. The van der Waals surface area contributed by atoms with Gasteiger partial charge in [0.2, 0.25) is 0 Å². The van der Waals surface area contributed by atoms with Crippen LogP contribution >= 0.6 is 11.8 Å². The fourth-order valence-electron chi connectivity index (χ4n) is 2.48. The van der Waals surface area contributed by atoms with Crippen LogP contribution in [-0.4, -0.2) is 33.7 Å². The van der Waals surface area contributed by atoms with Gasteiger partial charge in [-0.15, -0.1) is 11.8 Å². The molecule has 0 aliphatic rings. The number of hydrogen-bond donors (Lipinski definition) is 0. The molecule has 0 saturated carbocycles. The maximum atomic E-state index is 12.6. The zero-order valence-corrected chi connectivity index (χ0v) is 14.5. The smallest absolute Gasteiger partial charge is 0.253 e. The van der Waals surface area contributed by atoms with Crippen molar-refractivity contribution in [1.29, 1.82) is 0 Å². The molecule has 0 aliphatic carbocycles. The molecule has 0 fully saturated rings. The second-order valence-corrected chi connectivity index (χ2v) is 6.41. The van der Waals surface area contributed by atoms with Gasteiger partial charge >= 0.3 is 0 Å². The summed E-state index contributed by atoms with van der Waals surface area (Å²) in [6.07, 6.45) is 7.40. The van der Waals surface area contributed by atoms with Crippen molar-refractivity contribution in [3.05, 3.63) is 78.4 Å². The third-order valence-electron chi connectivity index (χ3n) is 3.84. The van der Waals surface area contributed by atoms with Gasteiger partial charge in [0.05, 0.1) is 6.33 Å². The lowest BCUT2D eigenvalue weighted by Crippen LogP contribution is -2.26. The predicted octanol–water partition coefficient (Wildman–Crippen LogP) is 3.87. The highest BCUT2D eigenvalue weighted by atomic mass is 32.2. The van der Waals surface area contributed by atoms with Crippen LogP contribution in [0.2, 0.25) is 0 Å². The lowest BCUT2D eigenvalue weighted by molar-refractivity contribution is 0.0785. The number of amides is 1. The molecule has 1 heterocycles. The molecule has 3 rings (SSSR count). The second-order valence-electron chi connectivity index (χ2n) is 5.53. The summed E-state index contributed by atoms with van der Waals surface area (Å²) in [6.45, 7) is 0.594. The van der Waals surface area contributed by atoms with Gasteiger partial charge in [-0.2, -0.15) is 0 Å². The maximum absolute atomic E-state index is 12.6. The topological polar surface area (TPSA) is 38.1 Å². The van der Waals surface area contributed by atoms with Gasteiger partial charge in [-0.3, -0.25) is 4.79 Å². The summed E-state index contributed by atoms with van der Waals surface area (Å²) in [5, 5.41) is 0. The molecule has 0 atom stereocenters. The van der Waals surface area contributed by atoms with Gasteiger partial charge in [-0.25, -0.2) is 4.98 Å². The van der Waals surface area contributed by atoms with Gasteiger partial charge in [-0.05, 0) is 48.2 Å². The molecule has 0 saturated heterocycles. The first kappa shape index (κ1) is 16.3. The van der Waals surface area contributed by atoms with Gasteiger partial charge in [0.15, 0.2) is 0 Å². The van der Waals surface area contributed by atoms with Crippen molar-refractivity contribution in [3.63, 3.8) is 0 Å². The van der Waals surface area contributed by atoms with Crippen LogP contribution in [-0.2, 0) is 6.54 Å².